The number of carboxylic acid groups (broad SMARTS) is 1. The number of carbonyl (C=O) groups excluding carboxylic acids is 1. The smallest absolute Gasteiger partial charge is 0.416 e. The summed E-state index contributed by atoms with van der Waals surface area (Å²) in [6, 6.07) is 4.74. The van der Waals surface area contributed by atoms with Crippen LogP contribution < -0.4 is 0 Å². The molecule has 0 spiro atoms. The Morgan fingerprint density at radius 2 is 2.00 bits per heavy atom. The Morgan fingerprint density at radius 3 is 2.52 bits per heavy atom. The molecule has 1 amide bonds. The summed E-state index contributed by atoms with van der Waals surface area (Å²) in [5.74, 6) is -2.58. The van der Waals surface area contributed by atoms with Crippen molar-refractivity contribution >= 4 is 11.9 Å². The van der Waals surface area contributed by atoms with Crippen LogP contribution >= 0.6 is 0 Å². The number of hydrogen-bond donors (Lipinski definition) is 1. The number of hydrogen-bond acceptors (Lipinski definition) is 2. The van der Waals surface area contributed by atoms with Crippen molar-refractivity contribution in [1.29, 1.82) is 0 Å². The molecule has 0 bridgehead atoms. The van der Waals surface area contributed by atoms with Gasteiger partial charge >= 0.3 is 12.1 Å². The van der Waals surface area contributed by atoms with Crippen LogP contribution in [-0.2, 0) is 22.3 Å². The number of alkyl halides is 3. The highest BCUT2D eigenvalue weighted by atomic mass is 19.4. The van der Waals surface area contributed by atoms with E-state index in [0.29, 0.717) is 12.0 Å². The van der Waals surface area contributed by atoms with Gasteiger partial charge in [-0.2, -0.15) is 13.2 Å². The predicted octanol–water partition coefficient (Wildman–Crippen LogP) is 2.38. The lowest BCUT2D eigenvalue weighted by molar-refractivity contribution is -0.141. The van der Waals surface area contributed by atoms with Crippen molar-refractivity contribution in [3.63, 3.8) is 0 Å². The summed E-state index contributed by atoms with van der Waals surface area (Å²) in [5, 5.41) is 8.77. The van der Waals surface area contributed by atoms with Gasteiger partial charge in [-0.15, -0.1) is 0 Å². The molecule has 1 aromatic rings. The lowest BCUT2D eigenvalue weighted by Crippen LogP contribution is -2.29. The summed E-state index contributed by atoms with van der Waals surface area (Å²) in [7, 11) is 1.46. The van der Waals surface area contributed by atoms with Gasteiger partial charge < -0.3 is 10.0 Å². The third-order valence-corrected chi connectivity index (χ3v) is 3.48. The molecule has 2 unspecified atom stereocenters. The van der Waals surface area contributed by atoms with Crippen molar-refractivity contribution in [2.75, 3.05) is 7.05 Å². The van der Waals surface area contributed by atoms with E-state index in [4.69, 9.17) is 5.11 Å². The molecule has 114 valence electrons. The Bertz CT molecular complexity index is 571. The SMILES string of the molecule is CN(Cc1cccc(C(F)(F)F)c1)C(=O)C1CC1C(=O)O. The summed E-state index contributed by atoms with van der Waals surface area (Å²) in [6.45, 7) is 0.0194. The molecule has 1 aliphatic rings. The average molecular weight is 301 g/mol. The molecule has 1 aliphatic carbocycles. The number of benzene rings is 1. The summed E-state index contributed by atoms with van der Waals surface area (Å²) in [4.78, 5) is 23.9. The Labute approximate surface area is 119 Å². The van der Waals surface area contributed by atoms with E-state index < -0.39 is 29.5 Å². The molecule has 1 aromatic carbocycles. The van der Waals surface area contributed by atoms with Crippen molar-refractivity contribution in [2.24, 2.45) is 11.8 Å². The lowest BCUT2D eigenvalue weighted by atomic mass is 10.1. The second-order valence-electron chi connectivity index (χ2n) is 5.18. The van der Waals surface area contributed by atoms with Crippen LogP contribution in [0.4, 0.5) is 13.2 Å². The zero-order valence-electron chi connectivity index (χ0n) is 11.2. The number of amides is 1. The Balaban J connectivity index is 2.02. The van der Waals surface area contributed by atoms with E-state index in [0.717, 1.165) is 12.1 Å². The minimum atomic E-state index is -4.43. The first-order chi connectivity index (χ1) is 9.70. The first kappa shape index (κ1) is 15.3. The fourth-order valence-electron chi connectivity index (χ4n) is 2.22. The largest absolute Gasteiger partial charge is 0.481 e. The third kappa shape index (κ3) is 3.53. The standard InChI is InChI=1S/C14H14F3NO3/c1-18(12(19)10-6-11(10)13(20)21)7-8-3-2-4-9(5-8)14(15,16)17/h2-5,10-11H,6-7H2,1H3,(H,20,21). The molecular formula is C14H14F3NO3. The van der Waals surface area contributed by atoms with E-state index in [9.17, 15) is 22.8 Å². The van der Waals surface area contributed by atoms with Crippen LogP contribution in [0.3, 0.4) is 0 Å². The summed E-state index contributed by atoms with van der Waals surface area (Å²) >= 11 is 0. The number of carbonyl (C=O) groups is 2. The molecule has 1 fully saturated rings. The predicted molar refractivity (Wildman–Crippen MR) is 67.2 cm³/mol. The molecular weight excluding hydrogens is 287 g/mol. The van der Waals surface area contributed by atoms with E-state index >= 15 is 0 Å². The second-order valence-corrected chi connectivity index (χ2v) is 5.18. The number of nitrogens with zero attached hydrogens (tertiary/aromatic N) is 1. The minimum absolute atomic E-state index is 0.0194. The minimum Gasteiger partial charge on any atom is -0.481 e. The maximum absolute atomic E-state index is 12.6. The van der Waals surface area contributed by atoms with E-state index in [2.05, 4.69) is 0 Å². The summed E-state index contributed by atoms with van der Waals surface area (Å²) in [5.41, 5.74) is -0.413. The quantitative estimate of drug-likeness (QED) is 0.929. The second kappa shape index (κ2) is 5.38. The number of aliphatic carboxylic acids is 1. The van der Waals surface area contributed by atoms with Crippen molar-refractivity contribution in [1.82, 2.24) is 4.90 Å². The molecule has 0 heterocycles. The van der Waals surface area contributed by atoms with Crippen LogP contribution in [0, 0.1) is 11.8 Å². The Morgan fingerprint density at radius 1 is 1.33 bits per heavy atom. The normalized spacial score (nSPS) is 21.0. The van der Waals surface area contributed by atoms with Gasteiger partial charge in [-0.25, -0.2) is 0 Å². The molecule has 1 saturated carbocycles. The van der Waals surface area contributed by atoms with Crippen LogP contribution in [0.1, 0.15) is 17.5 Å². The molecule has 0 saturated heterocycles. The highest BCUT2D eigenvalue weighted by Gasteiger charge is 2.49. The fourth-order valence-corrected chi connectivity index (χ4v) is 2.22. The van der Waals surface area contributed by atoms with Gasteiger partial charge in [-0.1, -0.05) is 12.1 Å². The van der Waals surface area contributed by atoms with E-state index in [1.807, 2.05) is 0 Å². The van der Waals surface area contributed by atoms with E-state index in [1.165, 1.54) is 24.1 Å². The monoisotopic (exact) mass is 301 g/mol. The Hall–Kier alpha value is -2.05. The molecule has 2 atom stereocenters. The van der Waals surface area contributed by atoms with Crippen molar-refractivity contribution in [3.05, 3.63) is 35.4 Å². The van der Waals surface area contributed by atoms with Crippen LogP contribution in [-0.4, -0.2) is 28.9 Å². The Kier molecular flexibility index (Phi) is 3.93. The van der Waals surface area contributed by atoms with Crippen LogP contribution in [0.2, 0.25) is 0 Å². The van der Waals surface area contributed by atoms with Gasteiger partial charge in [0.15, 0.2) is 0 Å². The number of rotatable bonds is 4. The van der Waals surface area contributed by atoms with Gasteiger partial charge in [0.25, 0.3) is 0 Å². The first-order valence-electron chi connectivity index (χ1n) is 6.34. The highest BCUT2D eigenvalue weighted by molar-refractivity contribution is 5.89. The molecule has 7 heteroatoms. The maximum Gasteiger partial charge on any atom is 0.416 e. The van der Waals surface area contributed by atoms with Gasteiger partial charge in [0.2, 0.25) is 5.91 Å². The molecule has 4 nitrogen and oxygen atoms in total. The van der Waals surface area contributed by atoms with Crippen LogP contribution in [0.25, 0.3) is 0 Å². The van der Waals surface area contributed by atoms with E-state index in [1.54, 1.807) is 0 Å². The third-order valence-electron chi connectivity index (χ3n) is 3.48. The van der Waals surface area contributed by atoms with Gasteiger partial charge in [0, 0.05) is 13.6 Å². The van der Waals surface area contributed by atoms with Gasteiger partial charge in [-0.3, -0.25) is 9.59 Å². The highest BCUT2D eigenvalue weighted by Crippen LogP contribution is 2.40. The van der Waals surface area contributed by atoms with Crippen LogP contribution in [0.15, 0.2) is 24.3 Å². The molecule has 1 N–H and O–H groups in total. The zero-order valence-corrected chi connectivity index (χ0v) is 11.2. The fraction of sp³-hybridized carbons (Fsp3) is 0.429. The topological polar surface area (TPSA) is 57.6 Å². The molecule has 2 rings (SSSR count). The summed E-state index contributed by atoms with van der Waals surface area (Å²) < 4.78 is 37.8. The summed E-state index contributed by atoms with van der Waals surface area (Å²) in [6.07, 6.45) is -4.13. The number of carboxylic acids is 1. The van der Waals surface area contributed by atoms with Gasteiger partial charge in [-0.05, 0) is 24.1 Å². The van der Waals surface area contributed by atoms with Crippen LogP contribution in [0.5, 0.6) is 0 Å². The van der Waals surface area contributed by atoms with Crippen molar-refractivity contribution < 1.29 is 27.9 Å². The maximum atomic E-state index is 12.6. The molecule has 21 heavy (non-hydrogen) atoms. The zero-order chi connectivity index (χ0) is 15.8. The average Bonchev–Trinajstić information content (AvgIpc) is 3.17. The lowest BCUT2D eigenvalue weighted by Gasteiger charge is -2.18. The molecule has 0 aromatic heterocycles. The van der Waals surface area contributed by atoms with Crippen molar-refractivity contribution in [3.8, 4) is 0 Å². The molecule has 0 radical (unpaired) electrons. The van der Waals surface area contributed by atoms with Crippen molar-refractivity contribution in [2.45, 2.75) is 19.1 Å². The van der Waals surface area contributed by atoms with E-state index in [-0.39, 0.29) is 12.5 Å². The van der Waals surface area contributed by atoms with Gasteiger partial charge in [0.05, 0.1) is 17.4 Å². The first-order valence-corrected chi connectivity index (χ1v) is 6.34. The molecule has 0 aliphatic heterocycles. The van der Waals surface area contributed by atoms with Gasteiger partial charge in [0.1, 0.15) is 0 Å². The number of halogens is 3.